The van der Waals surface area contributed by atoms with Gasteiger partial charge in [0.2, 0.25) is 0 Å². The Balaban J connectivity index is 2.59. The van der Waals surface area contributed by atoms with E-state index < -0.39 is 15.2 Å². The smallest absolute Gasteiger partial charge is 0.375 e. The molecule has 1 aliphatic heterocycles. The van der Waals surface area contributed by atoms with Crippen molar-refractivity contribution in [3.8, 4) is 0 Å². The summed E-state index contributed by atoms with van der Waals surface area (Å²) in [5.41, 5.74) is 0. The van der Waals surface area contributed by atoms with Crippen molar-refractivity contribution in [2.45, 2.75) is 0 Å². The molecule has 0 aliphatic carbocycles. The fraction of sp³-hybridized carbons (Fsp3) is 1.00. The van der Waals surface area contributed by atoms with Gasteiger partial charge in [-0.2, -0.15) is 0 Å². The van der Waals surface area contributed by atoms with Gasteiger partial charge in [0.15, 0.2) is 7.91 Å². The number of hydrogen-bond acceptors (Lipinski definition) is 5. The van der Waals surface area contributed by atoms with E-state index in [1.54, 1.807) is 4.67 Å². The van der Waals surface area contributed by atoms with Gasteiger partial charge in [-0.15, -0.1) is 0 Å². The molecule has 5 N–H and O–H groups in total. The fourth-order valence-electron chi connectivity index (χ4n) is 1.06. The van der Waals surface area contributed by atoms with Gasteiger partial charge < -0.3 is 14.5 Å². The van der Waals surface area contributed by atoms with Crippen molar-refractivity contribution in [1.29, 1.82) is 0 Å². The molecule has 78 valence electrons. The highest BCUT2D eigenvalue weighted by molar-refractivity contribution is 8.26. The van der Waals surface area contributed by atoms with Crippen molar-refractivity contribution >= 4 is 15.2 Å². The highest BCUT2D eigenvalue weighted by Gasteiger charge is 2.34. The number of nitrogens with zero attached hydrogens (tertiary/aromatic N) is 1. The third-order valence-corrected chi connectivity index (χ3v) is 5.86. The van der Waals surface area contributed by atoms with E-state index in [-0.39, 0.29) is 0 Å². The molecule has 0 saturated carbocycles. The standard InChI is InChI=1S/C4H13N3O4P2/c5-6-12(13(8,9)10)7-1-3-11-4-2-7/h6H,1-5H2,(H2,8,9,10). The Bertz CT molecular complexity index is 204. The van der Waals surface area contributed by atoms with Crippen LogP contribution in [0.5, 0.6) is 0 Å². The van der Waals surface area contributed by atoms with Crippen LogP contribution in [-0.4, -0.2) is 40.8 Å². The highest BCUT2D eigenvalue weighted by Crippen LogP contribution is 2.68. The average molecular weight is 229 g/mol. The number of ether oxygens (including phenoxy) is 1. The van der Waals surface area contributed by atoms with Crippen LogP contribution in [0.25, 0.3) is 0 Å². The number of nitrogens with two attached hydrogens (primary N) is 1. The average Bonchev–Trinajstić information content (AvgIpc) is 2.05. The van der Waals surface area contributed by atoms with Gasteiger partial charge in [0, 0.05) is 13.1 Å². The van der Waals surface area contributed by atoms with Gasteiger partial charge in [0.1, 0.15) is 0 Å². The third kappa shape index (κ3) is 3.23. The lowest BCUT2D eigenvalue weighted by Crippen LogP contribution is -2.37. The van der Waals surface area contributed by atoms with Crippen LogP contribution in [0, 0.1) is 0 Å². The van der Waals surface area contributed by atoms with Gasteiger partial charge in [-0.3, -0.25) is 15.1 Å². The summed E-state index contributed by atoms with van der Waals surface area (Å²) in [4.78, 5) is 17.9. The van der Waals surface area contributed by atoms with Crippen LogP contribution in [0.4, 0.5) is 0 Å². The summed E-state index contributed by atoms with van der Waals surface area (Å²) in [5.74, 6) is 5.09. The molecule has 0 aromatic rings. The maximum Gasteiger partial charge on any atom is 0.375 e. The van der Waals surface area contributed by atoms with E-state index in [1.165, 1.54) is 0 Å². The number of hydrogen-bond donors (Lipinski definition) is 4. The van der Waals surface area contributed by atoms with Gasteiger partial charge >= 0.3 is 7.28 Å². The van der Waals surface area contributed by atoms with Gasteiger partial charge in [-0.05, 0) is 0 Å². The SMILES string of the molecule is NNP(N1CCOCC1)P(=O)(O)O. The topological polar surface area (TPSA) is 108 Å². The molecule has 1 heterocycles. The second kappa shape index (κ2) is 4.77. The number of nitrogens with one attached hydrogen (secondary N) is 1. The van der Waals surface area contributed by atoms with Crippen LogP contribution in [-0.2, 0) is 9.30 Å². The van der Waals surface area contributed by atoms with Crippen molar-refractivity contribution in [3.63, 3.8) is 0 Å². The lowest BCUT2D eigenvalue weighted by Gasteiger charge is -2.32. The van der Waals surface area contributed by atoms with E-state index in [4.69, 9.17) is 20.4 Å². The first-order valence-corrected chi connectivity index (χ1v) is 7.32. The van der Waals surface area contributed by atoms with E-state index >= 15 is 0 Å². The minimum atomic E-state index is -4.15. The van der Waals surface area contributed by atoms with Gasteiger partial charge in [0.05, 0.1) is 13.2 Å². The molecule has 1 saturated heterocycles. The van der Waals surface area contributed by atoms with Gasteiger partial charge in [-0.1, -0.05) is 0 Å². The van der Waals surface area contributed by atoms with Crippen molar-refractivity contribution in [1.82, 2.24) is 9.87 Å². The summed E-state index contributed by atoms with van der Waals surface area (Å²) in [5, 5.41) is 2.18. The van der Waals surface area contributed by atoms with E-state index in [9.17, 15) is 4.57 Å². The maximum absolute atomic E-state index is 11.0. The molecule has 1 rings (SSSR count). The first-order valence-electron chi connectivity index (χ1n) is 3.70. The van der Waals surface area contributed by atoms with E-state index in [2.05, 4.69) is 5.20 Å². The summed E-state index contributed by atoms with van der Waals surface area (Å²) < 4.78 is 17.7. The second-order valence-electron chi connectivity index (χ2n) is 2.50. The summed E-state index contributed by atoms with van der Waals surface area (Å²) in [7, 11) is -5.92. The predicted molar refractivity (Wildman–Crippen MR) is 48.7 cm³/mol. The zero-order valence-electron chi connectivity index (χ0n) is 6.96. The monoisotopic (exact) mass is 229 g/mol. The van der Waals surface area contributed by atoms with Crippen molar-refractivity contribution in [2.24, 2.45) is 5.84 Å². The molecule has 9 heteroatoms. The molecule has 1 aliphatic rings. The Hall–Kier alpha value is 0.420. The Labute approximate surface area is 77.1 Å². The van der Waals surface area contributed by atoms with E-state index in [1.807, 2.05) is 0 Å². The fourth-order valence-corrected chi connectivity index (χ4v) is 4.23. The van der Waals surface area contributed by atoms with Gasteiger partial charge in [-0.25, -0.2) is 5.20 Å². The molecule has 7 nitrogen and oxygen atoms in total. The third-order valence-electron chi connectivity index (χ3n) is 1.62. The Morgan fingerprint density at radius 2 is 2.00 bits per heavy atom. The Morgan fingerprint density at radius 1 is 1.46 bits per heavy atom. The second-order valence-corrected chi connectivity index (χ2v) is 7.63. The quantitative estimate of drug-likeness (QED) is 0.284. The number of rotatable bonds is 3. The number of hydrazine groups is 1. The molecule has 0 aromatic heterocycles. The zero-order chi connectivity index (χ0) is 9.90. The van der Waals surface area contributed by atoms with Crippen molar-refractivity contribution in [2.75, 3.05) is 26.3 Å². The van der Waals surface area contributed by atoms with Crippen LogP contribution < -0.4 is 11.0 Å². The largest absolute Gasteiger partial charge is 0.379 e. The summed E-state index contributed by atoms with van der Waals surface area (Å²) >= 11 is 0. The maximum atomic E-state index is 11.0. The molecule has 1 fully saturated rings. The minimum Gasteiger partial charge on any atom is -0.379 e. The molecule has 0 aromatic carbocycles. The molecule has 13 heavy (non-hydrogen) atoms. The lowest BCUT2D eigenvalue weighted by atomic mass is 10.5. The molecule has 0 spiro atoms. The van der Waals surface area contributed by atoms with Crippen LogP contribution in [0.15, 0.2) is 0 Å². The molecule has 1 atom stereocenters. The first-order chi connectivity index (χ1) is 6.05. The van der Waals surface area contributed by atoms with Crippen molar-refractivity contribution in [3.05, 3.63) is 0 Å². The highest BCUT2D eigenvalue weighted by atomic mass is 32.1. The van der Waals surface area contributed by atoms with Crippen molar-refractivity contribution < 1.29 is 19.1 Å². The van der Waals surface area contributed by atoms with Crippen LogP contribution >= 0.6 is 15.2 Å². The summed E-state index contributed by atoms with van der Waals surface area (Å²) in [6.07, 6.45) is 0. The summed E-state index contributed by atoms with van der Waals surface area (Å²) in [6.45, 7) is 1.98. The molecular formula is C4H13N3O4P2. The molecular weight excluding hydrogens is 216 g/mol. The zero-order valence-corrected chi connectivity index (χ0v) is 8.75. The molecule has 0 radical (unpaired) electrons. The number of morpholine rings is 1. The van der Waals surface area contributed by atoms with E-state index in [0.29, 0.717) is 26.3 Å². The molecule has 0 bridgehead atoms. The molecule has 0 amide bonds. The van der Waals surface area contributed by atoms with Crippen LogP contribution in [0.3, 0.4) is 0 Å². The van der Waals surface area contributed by atoms with E-state index in [0.717, 1.165) is 0 Å². The minimum absolute atomic E-state index is 0.487. The predicted octanol–water partition coefficient (Wildman–Crippen LogP) is -0.813. The first kappa shape index (κ1) is 11.5. The van der Waals surface area contributed by atoms with Crippen LogP contribution in [0.1, 0.15) is 0 Å². The lowest BCUT2D eigenvalue weighted by molar-refractivity contribution is 0.0747. The van der Waals surface area contributed by atoms with Crippen LogP contribution in [0.2, 0.25) is 0 Å². The Morgan fingerprint density at radius 3 is 2.38 bits per heavy atom. The molecule has 1 unspecified atom stereocenters. The summed E-state index contributed by atoms with van der Waals surface area (Å²) in [6, 6.07) is 0. The normalized spacial score (nSPS) is 23.0. The van der Waals surface area contributed by atoms with Gasteiger partial charge in [0.25, 0.3) is 0 Å². The Kier molecular flexibility index (Phi) is 4.22.